The molecule has 0 fully saturated rings. The molecule has 1 unspecified atom stereocenters. The third-order valence-corrected chi connectivity index (χ3v) is 2.98. The zero-order valence-corrected chi connectivity index (χ0v) is 15.1. The van der Waals surface area contributed by atoms with Crippen LogP contribution in [0.5, 0.6) is 0 Å². The van der Waals surface area contributed by atoms with Gasteiger partial charge in [-0.05, 0) is 13.8 Å². The number of nitrogens with one attached hydrogen (secondary N) is 2. The molecule has 1 rings (SSSR count). The number of hydrogen-bond donors (Lipinski definition) is 2. The summed E-state index contributed by atoms with van der Waals surface area (Å²) >= 11 is 0. The normalized spacial score (nSPS) is 12.8. The SMILES string of the molecule is CN=C(NCCOC)NCC(C)c1c(C)noc1C.I. The molecule has 0 aromatic carbocycles. The van der Waals surface area contributed by atoms with Crippen LogP contribution in [0.4, 0.5) is 0 Å². The van der Waals surface area contributed by atoms with Gasteiger partial charge in [0, 0.05) is 38.7 Å². The van der Waals surface area contributed by atoms with Crippen molar-refractivity contribution in [3.05, 3.63) is 17.0 Å². The van der Waals surface area contributed by atoms with Crippen LogP contribution >= 0.6 is 24.0 Å². The lowest BCUT2D eigenvalue weighted by Gasteiger charge is -2.15. The fraction of sp³-hybridized carbons (Fsp3) is 0.692. The third-order valence-electron chi connectivity index (χ3n) is 2.98. The molecule has 20 heavy (non-hydrogen) atoms. The molecule has 0 aliphatic heterocycles. The average Bonchev–Trinajstić information content (AvgIpc) is 2.73. The molecular formula is C13H25IN4O2. The first kappa shape index (κ1) is 19.2. The molecule has 116 valence electrons. The van der Waals surface area contributed by atoms with Gasteiger partial charge < -0.3 is 19.9 Å². The van der Waals surface area contributed by atoms with Gasteiger partial charge in [-0.15, -0.1) is 24.0 Å². The van der Waals surface area contributed by atoms with Crippen LogP contribution in [0.1, 0.15) is 29.9 Å². The molecule has 1 aromatic heterocycles. The van der Waals surface area contributed by atoms with Gasteiger partial charge in [-0.2, -0.15) is 0 Å². The minimum Gasteiger partial charge on any atom is -0.383 e. The van der Waals surface area contributed by atoms with E-state index in [0.717, 1.165) is 30.5 Å². The third kappa shape index (κ3) is 5.66. The fourth-order valence-corrected chi connectivity index (χ4v) is 2.04. The lowest BCUT2D eigenvalue weighted by atomic mass is 10.00. The quantitative estimate of drug-likeness (QED) is 0.332. The second-order valence-corrected chi connectivity index (χ2v) is 4.51. The highest BCUT2D eigenvalue weighted by atomic mass is 127. The van der Waals surface area contributed by atoms with E-state index in [1.54, 1.807) is 14.2 Å². The van der Waals surface area contributed by atoms with Gasteiger partial charge in [0.2, 0.25) is 0 Å². The Hall–Kier alpha value is -0.830. The Morgan fingerprint density at radius 3 is 2.60 bits per heavy atom. The predicted octanol–water partition coefficient (Wildman–Crippen LogP) is 1.82. The van der Waals surface area contributed by atoms with E-state index in [1.165, 1.54) is 5.56 Å². The molecule has 0 saturated heterocycles. The highest BCUT2D eigenvalue weighted by molar-refractivity contribution is 14.0. The molecule has 2 N–H and O–H groups in total. The number of ether oxygens (including phenoxy) is 1. The molecule has 1 aromatic rings. The fourth-order valence-electron chi connectivity index (χ4n) is 2.04. The summed E-state index contributed by atoms with van der Waals surface area (Å²) in [4.78, 5) is 4.16. The Labute approximate surface area is 137 Å². The summed E-state index contributed by atoms with van der Waals surface area (Å²) in [7, 11) is 3.43. The Kier molecular flexibility index (Phi) is 9.56. The average molecular weight is 396 g/mol. The first-order chi connectivity index (χ1) is 9.10. The maximum absolute atomic E-state index is 5.19. The highest BCUT2D eigenvalue weighted by Gasteiger charge is 2.16. The van der Waals surface area contributed by atoms with Crippen LogP contribution < -0.4 is 10.6 Å². The van der Waals surface area contributed by atoms with E-state index >= 15 is 0 Å². The summed E-state index contributed by atoms with van der Waals surface area (Å²) in [6.45, 7) is 8.21. The van der Waals surface area contributed by atoms with Crippen LogP contribution in [0.3, 0.4) is 0 Å². The maximum Gasteiger partial charge on any atom is 0.191 e. The van der Waals surface area contributed by atoms with Gasteiger partial charge in [0.25, 0.3) is 0 Å². The van der Waals surface area contributed by atoms with Crippen LogP contribution in [0.25, 0.3) is 0 Å². The van der Waals surface area contributed by atoms with Gasteiger partial charge in [0.1, 0.15) is 5.76 Å². The van der Waals surface area contributed by atoms with E-state index in [2.05, 4.69) is 27.7 Å². The van der Waals surface area contributed by atoms with Gasteiger partial charge in [-0.1, -0.05) is 12.1 Å². The van der Waals surface area contributed by atoms with E-state index in [0.29, 0.717) is 12.5 Å². The largest absolute Gasteiger partial charge is 0.383 e. The topological polar surface area (TPSA) is 71.7 Å². The number of aliphatic imine (C=N–C) groups is 1. The standard InChI is InChI=1S/C13H24N4O2.HI/c1-9(12-10(2)17-19-11(12)3)8-16-13(14-4)15-6-7-18-5;/h9H,6-8H2,1-5H3,(H2,14,15,16);1H. The molecule has 0 radical (unpaired) electrons. The molecule has 0 bridgehead atoms. The van der Waals surface area contributed by atoms with Crippen LogP contribution in [0.15, 0.2) is 9.52 Å². The van der Waals surface area contributed by atoms with Crippen molar-refractivity contribution in [2.45, 2.75) is 26.7 Å². The van der Waals surface area contributed by atoms with Crippen molar-refractivity contribution < 1.29 is 9.26 Å². The molecule has 0 aliphatic rings. The summed E-state index contributed by atoms with van der Waals surface area (Å²) in [5.74, 6) is 1.97. The number of methoxy groups -OCH3 is 1. The highest BCUT2D eigenvalue weighted by Crippen LogP contribution is 2.22. The molecule has 0 spiro atoms. The van der Waals surface area contributed by atoms with Crippen LogP contribution in [-0.2, 0) is 4.74 Å². The lowest BCUT2D eigenvalue weighted by molar-refractivity contribution is 0.203. The van der Waals surface area contributed by atoms with Crippen molar-refractivity contribution in [3.8, 4) is 0 Å². The predicted molar refractivity (Wildman–Crippen MR) is 91.0 cm³/mol. The molecule has 1 heterocycles. The summed E-state index contributed by atoms with van der Waals surface area (Å²) in [5.41, 5.74) is 2.12. The zero-order valence-electron chi connectivity index (χ0n) is 12.8. The van der Waals surface area contributed by atoms with Gasteiger partial charge in [-0.25, -0.2) is 0 Å². The lowest BCUT2D eigenvalue weighted by Crippen LogP contribution is -2.40. The second kappa shape index (κ2) is 9.98. The number of halogens is 1. The van der Waals surface area contributed by atoms with Crippen LogP contribution in [0.2, 0.25) is 0 Å². The van der Waals surface area contributed by atoms with Gasteiger partial charge in [-0.3, -0.25) is 4.99 Å². The summed E-state index contributed by atoms with van der Waals surface area (Å²) in [6.07, 6.45) is 0. The number of hydrogen-bond acceptors (Lipinski definition) is 4. The minimum atomic E-state index is 0. The molecular weight excluding hydrogens is 371 g/mol. The van der Waals surface area contributed by atoms with E-state index in [9.17, 15) is 0 Å². The molecule has 0 aliphatic carbocycles. The number of rotatable bonds is 6. The maximum atomic E-state index is 5.19. The second-order valence-electron chi connectivity index (χ2n) is 4.51. The minimum absolute atomic E-state index is 0. The number of aryl methyl sites for hydroxylation is 2. The zero-order chi connectivity index (χ0) is 14.3. The van der Waals surface area contributed by atoms with E-state index < -0.39 is 0 Å². The van der Waals surface area contributed by atoms with Crippen molar-refractivity contribution in [2.24, 2.45) is 4.99 Å². The first-order valence-corrected chi connectivity index (χ1v) is 6.46. The number of guanidine groups is 1. The Balaban J connectivity index is 0.00000361. The molecule has 0 saturated carbocycles. The molecule has 1 atom stereocenters. The summed E-state index contributed by atoms with van der Waals surface area (Å²) < 4.78 is 10.2. The Bertz CT molecular complexity index is 401. The Morgan fingerprint density at radius 1 is 1.40 bits per heavy atom. The van der Waals surface area contributed by atoms with Crippen molar-refractivity contribution in [2.75, 3.05) is 33.9 Å². The summed E-state index contributed by atoms with van der Waals surface area (Å²) in [6, 6.07) is 0. The molecule has 7 heteroatoms. The van der Waals surface area contributed by atoms with E-state index in [-0.39, 0.29) is 24.0 Å². The summed E-state index contributed by atoms with van der Waals surface area (Å²) in [5, 5.41) is 10.4. The van der Waals surface area contributed by atoms with E-state index in [4.69, 9.17) is 9.26 Å². The molecule has 0 amide bonds. The van der Waals surface area contributed by atoms with Crippen LogP contribution in [-0.4, -0.2) is 45.0 Å². The number of nitrogens with zero attached hydrogens (tertiary/aromatic N) is 2. The van der Waals surface area contributed by atoms with Crippen molar-refractivity contribution in [1.29, 1.82) is 0 Å². The van der Waals surface area contributed by atoms with E-state index in [1.807, 2.05) is 13.8 Å². The van der Waals surface area contributed by atoms with Crippen molar-refractivity contribution >= 4 is 29.9 Å². The van der Waals surface area contributed by atoms with Crippen LogP contribution in [0, 0.1) is 13.8 Å². The van der Waals surface area contributed by atoms with Crippen molar-refractivity contribution in [3.63, 3.8) is 0 Å². The van der Waals surface area contributed by atoms with Crippen molar-refractivity contribution in [1.82, 2.24) is 15.8 Å². The van der Waals surface area contributed by atoms with Gasteiger partial charge in [0.15, 0.2) is 5.96 Å². The first-order valence-electron chi connectivity index (χ1n) is 6.46. The van der Waals surface area contributed by atoms with Gasteiger partial charge >= 0.3 is 0 Å². The molecule has 6 nitrogen and oxygen atoms in total. The Morgan fingerprint density at radius 2 is 2.10 bits per heavy atom. The van der Waals surface area contributed by atoms with Gasteiger partial charge in [0.05, 0.1) is 12.3 Å². The monoisotopic (exact) mass is 396 g/mol. The number of aromatic nitrogens is 1. The smallest absolute Gasteiger partial charge is 0.191 e.